The average molecular weight is 267 g/mol. The maximum absolute atomic E-state index is 13.5. The molecule has 19 heavy (non-hydrogen) atoms. The van der Waals surface area contributed by atoms with E-state index in [1.165, 1.54) is 6.07 Å². The third-order valence-corrected chi connectivity index (χ3v) is 3.12. The summed E-state index contributed by atoms with van der Waals surface area (Å²) < 4.78 is 13.5. The zero-order valence-electron chi connectivity index (χ0n) is 10.2. The average Bonchev–Trinajstić information content (AvgIpc) is 2.84. The van der Waals surface area contributed by atoms with E-state index in [2.05, 4.69) is 10.6 Å². The van der Waals surface area contributed by atoms with E-state index in [4.69, 9.17) is 0 Å². The van der Waals surface area contributed by atoms with Crippen LogP contribution in [0.1, 0.15) is 25.7 Å². The first-order valence-electron chi connectivity index (χ1n) is 6.08. The lowest BCUT2D eigenvalue weighted by atomic mass is 10.2. The SMILES string of the molecule is O=C(Nc1c(F)cccc1[N+](=O)[O-])NC1CCCC1. The maximum Gasteiger partial charge on any atom is 0.319 e. The van der Waals surface area contributed by atoms with Crippen LogP contribution in [-0.4, -0.2) is 17.0 Å². The fraction of sp³-hybridized carbons (Fsp3) is 0.417. The number of carbonyl (C=O) groups excluding carboxylic acids is 1. The minimum Gasteiger partial charge on any atom is -0.335 e. The number of halogens is 1. The molecule has 102 valence electrons. The number of benzene rings is 1. The molecule has 1 aromatic carbocycles. The second-order valence-electron chi connectivity index (χ2n) is 4.47. The Morgan fingerprint density at radius 2 is 2.05 bits per heavy atom. The summed E-state index contributed by atoms with van der Waals surface area (Å²) in [7, 11) is 0. The molecular formula is C12H14FN3O3. The highest BCUT2D eigenvalue weighted by atomic mass is 19.1. The summed E-state index contributed by atoms with van der Waals surface area (Å²) in [6, 6.07) is 2.89. The molecule has 0 bridgehead atoms. The summed E-state index contributed by atoms with van der Waals surface area (Å²) in [5.41, 5.74) is -0.857. The van der Waals surface area contributed by atoms with Gasteiger partial charge in [-0.1, -0.05) is 18.9 Å². The molecule has 6 nitrogen and oxygen atoms in total. The van der Waals surface area contributed by atoms with Crippen molar-refractivity contribution in [2.45, 2.75) is 31.7 Å². The van der Waals surface area contributed by atoms with Crippen LogP contribution in [0.2, 0.25) is 0 Å². The molecule has 7 heteroatoms. The van der Waals surface area contributed by atoms with Crippen molar-refractivity contribution in [3.8, 4) is 0 Å². The Labute approximate surface area is 109 Å². The van der Waals surface area contributed by atoms with Crippen LogP contribution in [0.15, 0.2) is 18.2 Å². The number of rotatable bonds is 3. The summed E-state index contributed by atoms with van der Waals surface area (Å²) in [6.45, 7) is 0. The lowest BCUT2D eigenvalue weighted by Gasteiger charge is -2.13. The zero-order chi connectivity index (χ0) is 13.8. The van der Waals surface area contributed by atoms with E-state index < -0.39 is 28.1 Å². The van der Waals surface area contributed by atoms with Crippen LogP contribution in [0.25, 0.3) is 0 Å². The molecule has 2 N–H and O–H groups in total. The van der Waals surface area contributed by atoms with E-state index >= 15 is 0 Å². The van der Waals surface area contributed by atoms with E-state index in [9.17, 15) is 19.3 Å². The predicted molar refractivity (Wildman–Crippen MR) is 67.5 cm³/mol. The van der Waals surface area contributed by atoms with Gasteiger partial charge in [-0.25, -0.2) is 9.18 Å². The van der Waals surface area contributed by atoms with E-state index in [0.29, 0.717) is 0 Å². The Bertz CT molecular complexity index is 501. The monoisotopic (exact) mass is 267 g/mol. The van der Waals surface area contributed by atoms with Gasteiger partial charge in [0.2, 0.25) is 0 Å². The number of amides is 2. The fourth-order valence-electron chi connectivity index (χ4n) is 2.19. The number of anilines is 1. The Balaban J connectivity index is 2.09. The number of hydrogen-bond acceptors (Lipinski definition) is 3. The first-order valence-corrected chi connectivity index (χ1v) is 6.08. The van der Waals surface area contributed by atoms with Crippen LogP contribution in [0.5, 0.6) is 0 Å². The summed E-state index contributed by atoms with van der Waals surface area (Å²) >= 11 is 0. The normalized spacial score (nSPS) is 15.2. The van der Waals surface area contributed by atoms with Crippen molar-refractivity contribution in [1.82, 2.24) is 5.32 Å². The number of urea groups is 1. The highest BCUT2D eigenvalue weighted by Crippen LogP contribution is 2.27. The van der Waals surface area contributed by atoms with Crippen molar-refractivity contribution < 1.29 is 14.1 Å². The van der Waals surface area contributed by atoms with Gasteiger partial charge in [0.1, 0.15) is 0 Å². The van der Waals surface area contributed by atoms with Gasteiger partial charge in [0.15, 0.2) is 11.5 Å². The van der Waals surface area contributed by atoms with Crippen molar-refractivity contribution in [1.29, 1.82) is 0 Å². The molecule has 0 saturated heterocycles. The number of nitro benzene ring substituents is 1. The number of para-hydroxylation sites is 1. The third-order valence-electron chi connectivity index (χ3n) is 3.12. The van der Waals surface area contributed by atoms with Gasteiger partial charge >= 0.3 is 6.03 Å². The minimum atomic E-state index is -0.823. The fourth-order valence-corrected chi connectivity index (χ4v) is 2.19. The van der Waals surface area contributed by atoms with Gasteiger partial charge < -0.3 is 5.32 Å². The van der Waals surface area contributed by atoms with Crippen molar-refractivity contribution >= 4 is 17.4 Å². The highest BCUT2D eigenvalue weighted by Gasteiger charge is 2.22. The van der Waals surface area contributed by atoms with E-state index in [0.717, 1.165) is 37.8 Å². The van der Waals surface area contributed by atoms with Crippen LogP contribution in [0.3, 0.4) is 0 Å². The van der Waals surface area contributed by atoms with Gasteiger partial charge in [0.25, 0.3) is 5.69 Å². The van der Waals surface area contributed by atoms with Gasteiger partial charge in [-0.3, -0.25) is 15.4 Å². The number of carbonyl (C=O) groups is 1. The molecule has 1 aromatic rings. The number of hydrogen-bond donors (Lipinski definition) is 2. The van der Waals surface area contributed by atoms with Crippen molar-refractivity contribution in [3.63, 3.8) is 0 Å². The zero-order valence-corrected chi connectivity index (χ0v) is 10.2. The third kappa shape index (κ3) is 3.18. The number of nitro groups is 1. The van der Waals surface area contributed by atoms with Crippen molar-refractivity contribution in [2.75, 3.05) is 5.32 Å². The molecule has 1 aliphatic rings. The second kappa shape index (κ2) is 5.64. The van der Waals surface area contributed by atoms with Gasteiger partial charge in [-0.2, -0.15) is 0 Å². The molecule has 0 aliphatic heterocycles. The maximum atomic E-state index is 13.5. The van der Waals surface area contributed by atoms with Gasteiger partial charge in [0.05, 0.1) is 4.92 Å². The summed E-state index contributed by atoms with van der Waals surface area (Å²) in [5, 5.41) is 15.7. The summed E-state index contributed by atoms with van der Waals surface area (Å²) in [5.74, 6) is -0.823. The molecule has 0 aromatic heterocycles. The highest BCUT2D eigenvalue weighted by molar-refractivity contribution is 5.92. The largest absolute Gasteiger partial charge is 0.335 e. The number of nitrogens with zero attached hydrogens (tertiary/aromatic N) is 1. The molecule has 0 radical (unpaired) electrons. The molecule has 2 rings (SSSR count). The molecule has 1 fully saturated rings. The first-order chi connectivity index (χ1) is 9.08. The van der Waals surface area contributed by atoms with E-state index in [1.54, 1.807) is 0 Å². The molecular weight excluding hydrogens is 253 g/mol. The smallest absolute Gasteiger partial charge is 0.319 e. The molecule has 1 aliphatic carbocycles. The van der Waals surface area contributed by atoms with E-state index in [1.807, 2.05) is 0 Å². The number of nitrogens with one attached hydrogen (secondary N) is 2. The van der Waals surface area contributed by atoms with Gasteiger partial charge in [0, 0.05) is 12.1 Å². The van der Waals surface area contributed by atoms with Gasteiger partial charge in [-0.05, 0) is 18.9 Å². The van der Waals surface area contributed by atoms with Crippen molar-refractivity contribution in [2.24, 2.45) is 0 Å². The van der Waals surface area contributed by atoms with Gasteiger partial charge in [-0.15, -0.1) is 0 Å². The Morgan fingerprint density at radius 1 is 1.37 bits per heavy atom. The molecule has 0 spiro atoms. The Kier molecular flexibility index (Phi) is 3.94. The summed E-state index contributed by atoms with van der Waals surface area (Å²) in [6.07, 6.45) is 3.86. The van der Waals surface area contributed by atoms with Crippen LogP contribution in [0.4, 0.5) is 20.6 Å². The molecule has 0 atom stereocenters. The molecule has 2 amide bonds. The second-order valence-corrected chi connectivity index (χ2v) is 4.47. The van der Waals surface area contributed by atoms with Crippen LogP contribution in [-0.2, 0) is 0 Å². The Hall–Kier alpha value is -2.18. The minimum absolute atomic E-state index is 0.0610. The molecule has 0 unspecified atom stereocenters. The quantitative estimate of drug-likeness (QED) is 0.652. The Morgan fingerprint density at radius 3 is 2.68 bits per heavy atom. The molecule has 0 heterocycles. The topological polar surface area (TPSA) is 84.3 Å². The summed E-state index contributed by atoms with van der Waals surface area (Å²) in [4.78, 5) is 21.7. The lowest BCUT2D eigenvalue weighted by Crippen LogP contribution is -2.36. The van der Waals surface area contributed by atoms with Crippen molar-refractivity contribution in [3.05, 3.63) is 34.1 Å². The van der Waals surface area contributed by atoms with Crippen LogP contribution in [0, 0.1) is 15.9 Å². The van der Waals surface area contributed by atoms with Crippen LogP contribution >= 0.6 is 0 Å². The van der Waals surface area contributed by atoms with Crippen LogP contribution < -0.4 is 10.6 Å². The molecule has 1 saturated carbocycles. The lowest BCUT2D eigenvalue weighted by molar-refractivity contribution is -0.384. The first kappa shape index (κ1) is 13.3. The van der Waals surface area contributed by atoms with E-state index in [-0.39, 0.29) is 6.04 Å². The predicted octanol–water partition coefficient (Wildman–Crippen LogP) is 2.80. The standard InChI is InChI=1S/C12H14FN3O3/c13-9-6-3-7-10(16(18)19)11(9)15-12(17)14-8-4-1-2-5-8/h3,6-8H,1-2,4-5H2,(H2,14,15,17).